The summed E-state index contributed by atoms with van der Waals surface area (Å²) < 4.78 is 0. The summed E-state index contributed by atoms with van der Waals surface area (Å²) >= 11 is 0. The van der Waals surface area contributed by atoms with Crippen LogP contribution in [0.2, 0.25) is 0 Å². The molecule has 0 aliphatic carbocycles. The Morgan fingerprint density at radius 2 is 2.10 bits per heavy atom. The first-order valence-electron chi connectivity index (χ1n) is 7.40. The average molecular weight is 276 g/mol. The molecule has 0 saturated heterocycles. The second kappa shape index (κ2) is 7.07. The minimum atomic E-state index is 0.387. The fraction of sp³-hybridized carbons (Fsp3) is 0.643. The van der Waals surface area contributed by atoms with Crippen molar-refractivity contribution in [3.8, 4) is 0 Å². The van der Waals surface area contributed by atoms with E-state index in [4.69, 9.17) is 0 Å². The van der Waals surface area contributed by atoms with Gasteiger partial charge in [0.15, 0.2) is 11.5 Å². The van der Waals surface area contributed by atoms with Crippen molar-refractivity contribution < 1.29 is 0 Å². The lowest BCUT2D eigenvalue weighted by Crippen LogP contribution is -2.17. The molecule has 1 atom stereocenters. The number of H-pyrrole nitrogens is 1. The maximum atomic E-state index is 4.47. The van der Waals surface area contributed by atoms with Gasteiger partial charge in [0.25, 0.3) is 0 Å². The molecule has 2 aromatic heterocycles. The first-order valence-corrected chi connectivity index (χ1v) is 7.40. The molecule has 2 aromatic rings. The Balaban J connectivity index is 2.02. The number of rotatable bonds is 8. The van der Waals surface area contributed by atoms with Crippen molar-refractivity contribution in [1.29, 1.82) is 0 Å². The van der Waals surface area contributed by atoms with Crippen molar-refractivity contribution >= 4 is 22.9 Å². The van der Waals surface area contributed by atoms with Crippen LogP contribution in [0.5, 0.6) is 0 Å². The van der Waals surface area contributed by atoms with E-state index in [-0.39, 0.29) is 0 Å². The minimum Gasteiger partial charge on any atom is -0.366 e. The molecule has 2 heterocycles. The van der Waals surface area contributed by atoms with E-state index in [1.54, 1.807) is 6.33 Å². The SMILES string of the molecule is CCCCCCC(C)Nc1nc(NC)nc2nc[nH]c12. The molecular formula is C14H24N6. The van der Waals surface area contributed by atoms with Gasteiger partial charge in [-0.25, -0.2) is 4.98 Å². The summed E-state index contributed by atoms with van der Waals surface area (Å²) in [5.41, 5.74) is 1.55. The standard InChI is InChI=1S/C14H24N6/c1-4-5-6-7-8-10(2)18-13-11-12(17-9-16-11)19-14(15-3)20-13/h9-10H,4-8H2,1-3H3,(H3,15,16,17,18,19,20). The second-order valence-corrected chi connectivity index (χ2v) is 5.14. The number of unbranched alkanes of at least 4 members (excludes halogenated alkanes) is 3. The molecule has 6 heteroatoms. The van der Waals surface area contributed by atoms with Gasteiger partial charge >= 0.3 is 0 Å². The Morgan fingerprint density at radius 3 is 2.85 bits per heavy atom. The lowest BCUT2D eigenvalue weighted by atomic mass is 10.1. The predicted molar refractivity (Wildman–Crippen MR) is 83.1 cm³/mol. The maximum absolute atomic E-state index is 4.47. The van der Waals surface area contributed by atoms with Crippen LogP contribution in [0.15, 0.2) is 6.33 Å². The lowest BCUT2D eigenvalue weighted by molar-refractivity contribution is 0.593. The third-order valence-corrected chi connectivity index (χ3v) is 3.38. The molecule has 2 rings (SSSR count). The molecule has 1 unspecified atom stereocenters. The number of imidazole rings is 1. The van der Waals surface area contributed by atoms with E-state index in [9.17, 15) is 0 Å². The van der Waals surface area contributed by atoms with E-state index in [0.29, 0.717) is 17.6 Å². The number of hydrogen-bond donors (Lipinski definition) is 3. The van der Waals surface area contributed by atoms with Gasteiger partial charge in [0.05, 0.1) is 6.33 Å². The summed E-state index contributed by atoms with van der Waals surface area (Å²) in [7, 11) is 1.81. The third kappa shape index (κ3) is 3.59. The zero-order valence-corrected chi connectivity index (χ0v) is 12.5. The first-order chi connectivity index (χ1) is 9.74. The van der Waals surface area contributed by atoms with Crippen LogP contribution < -0.4 is 10.6 Å². The van der Waals surface area contributed by atoms with Gasteiger partial charge in [0, 0.05) is 13.1 Å². The van der Waals surface area contributed by atoms with E-state index >= 15 is 0 Å². The van der Waals surface area contributed by atoms with E-state index in [2.05, 4.69) is 44.4 Å². The highest BCUT2D eigenvalue weighted by atomic mass is 15.2. The molecular weight excluding hydrogens is 252 g/mol. The van der Waals surface area contributed by atoms with Crippen LogP contribution in [0, 0.1) is 0 Å². The van der Waals surface area contributed by atoms with Gasteiger partial charge < -0.3 is 15.6 Å². The topological polar surface area (TPSA) is 78.5 Å². The molecule has 6 nitrogen and oxygen atoms in total. The average Bonchev–Trinajstić information content (AvgIpc) is 2.92. The van der Waals surface area contributed by atoms with Crippen molar-refractivity contribution in [1.82, 2.24) is 19.9 Å². The molecule has 110 valence electrons. The number of fused-ring (bicyclic) bond motifs is 1. The van der Waals surface area contributed by atoms with Crippen LogP contribution in [0.1, 0.15) is 46.0 Å². The van der Waals surface area contributed by atoms with Crippen molar-refractivity contribution in [2.24, 2.45) is 0 Å². The molecule has 0 aliphatic heterocycles. The molecule has 0 radical (unpaired) electrons. The van der Waals surface area contributed by atoms with E-state index in [0.717, 1.165) is 17.8 Å². The number of nitrogens with one attached hydrogen (secondary N) is 3. The Morgan fingerprint density at radius 1 is 1.25 bits per heavy atom. The third-order valence-electron chi connectivity index (χ3n) is 3.38. The predicted octanol–water partition coefficient (Wildman–Crippen LogP) is 3.17. The van der Waals surface area contributed by atoms with Gasteiger partial charge in [0.2, 0.25) is 5.95 Å². The quantitative estimate of drug-likeness (QED) is 0.645. The maximum Gasteiger partial charge on any atom is 0.226 e. The van der Waals surface area contributed by atoms with Gasteiger partial charge in [-0.05, 0) is 13.3 Å². The van der Waals surface area contributed by atoms with Crippen LogP contribution in [-0.4, -0.2) is 33.0 Å². The van der Waals surface area contributed by atoms with Crippen LogP contribution in [0.4, 0.5) is 11.8 Å². The summed E-state index contributed by atoms with van der Waals surface area (Å²) in [4.78, 5) is 16.1. The van der Waals surface area contributed by atoms with Crippen LogP contribution in [0.25, 0.3) is 11.2 Å². The van der Waals surface area contributed by atoms with Gasteiger partial charge in [-0.3, -0.25) is 0 Å². The fourth-order valence-electron chi connectivity index (χ4n) is 2.23. The molecule has 0 aliphatic rings. The van der Waals surface area contributed by atoms with Crippen molar-refractivity contribution in [3.05, 3.63) is 6.33 Å². The first kappa shape index (κ1) is 14.6. The molecule has 0 saturated carbocycles. The van der Waals surface area contributed by atoms with Crippen molar-refractivity contribution in [3.63, 3.8) is 0 Å². The summed E-state index contributed by atoms with van der Waals surface area (Å²) in [6.45, 7) is 4.42. The highest BCUT2D eigenvalue weighted by molar-refractivity contribution is 5.83. The Kier molecular flexibility index (Phi) is 5.15. The van der Waals surface area contributed by atoms with Crippen LogP contribution in [0.3, 0.4) is 0 Å². The van der Waals surface area contributed by atoms with Gasteiger partial charge in [-0.2, -0.15) is 9.97 Å². The highest BCUT2D eigenvalue weighted by Gasteiger charge is 2.11. The van der Waals surface area contributed by atoms with Gasteiger partial charge in [-0.1, -0.05) is 32.6 Å². The molecule has 0 bridgehead atoms. The van der Waals surface area contributed by atoms with E-state index in [1.165, 1.54) is 25.7 Å². The van der Waals surface area contributed by atoms with E-state index in [1.807, 2.05) is 7.05 Å². The monoisotopic (exact) mass is 276 g/mol. The molecule has 3 N–H and O–H groups in total. The summed E-state index contributed by atoms with van der Waals surface area (Å²) in [5.74, 6) is 1.41. The molecule has 0 fully saturated rings. The summed E-state index contributed by atoms with van der Waals surface area (Å²) in [5, 5.41) is 6.43. The fourth-order valence-corrected chi connectivity index (χ4v) is 2.23. The molecule has 20 heavy (non-hydrogen) atoms. The highest BCUT2D eigenvalue weighted by Crippen LogP contribution is 2.20. The smallest absolute Gasteiger partial charge is 0.226 e. The largest absolute Gasteiger partial charge is 0.366 e. The zero-order chi connectivity index (χ0) is 14.4. The Hall–Kier alpha value is -1.85. The summed E-state index contributed by atoms with van der Waals surface area (Å²) in [6, 6.07) is 0.387. The number of anilines is 2. The normalized spacial score (nSPS) is 12.6. The summed E-state index contributed by atoms with van der Waals surface area (Å²) in [6.07, 6.45) is 7.93. The van der Waals surface area contributed by atoms with Crippen LogP contribution in [-0.2, 0) is 0 Å². The number of nitrogens with zero attached hydrogens (tertiary/aromatic N) is 3. The Labute approximate surface area is 119 Å². The molecule has 0 aromatic carbocycles. The Bertz CT molecular complexity index is 535. The van der Waals surface area contributed by atoms with E-state index < -0.39 is 0 Å². The number of aromatic nitrogens is 4. The van der Waals surface area contributed by atoms with Gasteiger partial charge in [0.1, 0.15) is 5.52 Å². The number of hydrogen-bond acceptors (Lipinski definition) is 5. The number of aromatic amines is 1. The lowest BCUT2D eigenvalue weighted by Gasteiger charge is -2.15. The van der Waals surface area contributed by atoms with Crippen molar-refractivity contribution in [2.75, 3.05) is 17.7 Å². The minimum absolute atomic E-state index is 0.387. The van der Waals surface area contributed by atoms with Gasteiger partial charge in [-0.15, -0.1) is 0 Å². The van der Waals surface area contributed by atoms with Crippen LogP contribution >= 0.6 is 0 Å². The molecule has 0 spiro atoms. The second-order valence-electron chi connectivity index (χ2n) is 5.14. The van der Waals surface area contributed by atoms with Crippen molar-refractivity contribution in [2.45, 2.75) is 52.0 Å². The zero-order valence-electron chi connectivity index (χ0n) is 12.5. The molecule has 0 amide bonds.